The Hall–Kier alpha value is -1.39. The fraction of sp³-hybridized carbons (Fsp3) is 0.357. The second-order valence-electron chi connectivity index (χ2n) is 5.05. The Morgan fingerprint density at radius 3 is 3.22 bits per heavy atom. The van der Waals surface area contributed by atoms with E-state index in [9.17, 15) is 0 Å². The molecule has 18 heavy (non-hydrogen) atoms. The van der Waals surface area contributed by atoms with Crippen molar-refractivity contribution in [1.82, 2.24) is 14.7 Å². The lowest BCUT2D eigenvalue weighted by Gasteiger charge is -2.08. The lowest BCUT2D eigenvalue weighted by atomic mass is 9.98. The van der Waals surface area contributed by atoms with Crippen LogP contribution in [0, 0.1) is 6.92 Å². The van der Waals surface area contributed by atoms with E-state index in [1.165, 1.54) is 22.2 Å². The van der Waals surface area contributed by atoms with Gasteiger partial charge in [0.1, 0.15) is 0 Å². The standard InChI is InChI=1S/C14H15N3S/c1-9-8-17-12-3-2-10(11-4-5-15-7-11)6-13(12)18-14(17)16-9/h2-3,6,8,11,15H,4-5,7H2,1H3. The summed E-state index contributed by atoms with van der Waals surface area (Å²) in [5.41, 5.74) is 3.84. The van der Waals surface area contributed by atoms with Crippen LogP contribution in [0.5, 0.6) is 0 Å². The molecule has 1 aromatic carbocycles. The third-order valence-electron chi connectivity index (χ3n) is 3.77. The first kappa shape index (κ1) is 10.5. The second kappa shape index (κ2) is 3.80. The number of aryl methyl sites for hydroxylation is 1. The number of nitrogens with one attached hydrogen (secondary N) is 1. The van der Waals surface area contributed by atoms with E-state index in [1.807, 2.05) is 6.92 Å². The Balaban J connectivity index is 1.89. The first-order valence-corrected chi connectivity index (χ1v) is 7.22. The zero-order valence-corrected chi connectivity index (χ0v) is 11.1. The van der Waals surface area contributed by atoms with E-state index in [2.05, 4.69) is 39.1 Å². The summed E-state index contributed by atoms with van der Waals surface area (Å²) >= 11 is 1.79. The van der Waals surface area contributed by atoms with Crippen LogP contribution in [0.1, 0.15) is 23.6 Å². The van der Waals surface area contributed by atoms with Crippen LogP contribution in [0.4, 0.5) is 0 Å². The molecule has 1 aliphatic heterocycles. The van der Waals surface area contributed by atoms with Crippen molar-refractivity contribution in [3.05, 3.63) is 35.7 Å². The molecule has 0 saturated carbocycles. The molecule has 3 nitrogen and oxygen atoms in total. The molecule has 0 aliphatic carbocycles. The van der Waals surface area contributed by atoms with Crippen molar-refractivity contribution in [2.45, 2.75) is 19.3 Å². The second-order valence-corrected chi connectivity index (χ2v) is 6.06. The maximum absolute atomic E-state index is 4.55. The molecule has 0 radical (unpaired) electrons. The minimum absolute atomic E-state index is 0.686. The van der Waals surface area contributed by atoms with Gasteiger partial charge in [-0.2, -0.15) is 0 Å². The number of imidazole rings is 1. The highest BCUT2D eigenvalue weighted by atomic mass is 32.1. The van der Waals surface area contributed by atoms with Crippen molar-refractivity contribution in [3.63, 3.8) is 0 Å². The highest BCUT2D eigenvalue weighted by Gasteiger charge is 2.17. The summed E-state index contributed by atoms with van der Waals surface area (Å²) in [7, 11) is 0. The summed E-state index contributed by atoms with van der Waals surface area (Å²) in [5, 5.41) is 3.43. The normalized spacial score (nSPS) is 20.2. The van der Waals surface area contributed by atoms with E-state index in [0.717, 1.165) is 23.7 Å². The van der Waals surface area contributed by atoms with Crippen LogP contribution in [0.3, 0.4) is 0 Å². The van der Waals surface area contributed by atoms with E-state index >= 15 is 0 Å². The summed E-state index contributed by atoms with van der Waals surface area (Å²) in [4.78, 5) is 5.65. The molecule has 1 N–H and O–H groups in total. The maximum atomic E-state index is 4.55. The summed E-state index contributed by atoms with van der Waals surface area (Å²) in [6.07, 6.45) is 3.37. The van der Waals surface area contributed by atoms with Gasteiger partial charge in [-0.25, -0.2) is 4.98 Å². The Kier molecular flexibility index (Phi) is 2.22. The minimum Gasteiger partial charge on any atom is -0.316 e. The summed E-state index contributed by atoms with van der Waals surface area (Å²) in [6.45, 7) is 4.31. The number of aromatic nitrogens is 2. The largest absolute Gasteiger partial charge is 0.316 e. The predicted molar refractivity (Wildman–Crippen MR) is 75.5 cm³/mol. The molecule has 4 rings (SSSR count). The first-order chi connectivity index (χ1) is 8.81. The molecular formula is C14H15N3S. The number of nitrogens with zero attached hydrogens (tertiary/aromatic N) is 2. The highest BCUT2D eigenvalue weighted by molar-refractivity contribution is 7.23. The molecule has 1 fully saturated rings. The first-order valence-electron chi connectivity index (χ1n) is 6.40. The minimum atomic E-state index is 0.686. The SMILES string of the molecule is Cc1cn2c(n1)sc1cc(C3CCNC3)ccc12. The fourth-order valence-electron chi connectivity index (χ4n) is 2.82. The fourth-order valence-corrected chi connectivity index (χ4v) is 3.92. The monoisotopic (exact) mass is 257 g/mol. The van der Waals surface area contributed by atoms with E-state index in [4.69, 9.17) is 0 Å². The van der Waals surface area contributed by atoms with Gasteiger partial charge in [-0.3, -0.25) is 4.40 Å². The third kappa shape index (κ3) is 1.49. The van der Waals surface area contributed by atoms with Crippen molar-refractivity contribution in [2.75, 3.05) is 13.1 Å². The summed E-state index contributed by atoms with van der Waals surface area (Å²) < 4.78 is 3.55. The predicted octanol–water partition coefficient (Wildman–Crippen LogP) is 2.93. The van der Waals surface area contributed by atoms with E-state index in [-0.39, 0.29) is 0 Å². The summed E-state index contributed by atoms with van der Waals surface area (Å²) in [5.74, 6) is 0.686. The van der Waals surface area contributed by atoms with Crippen LogP contribution in [0.15, 0.2) is 24.4 Å². The van der Waals surface area contributed by atoms with Gasteiger partial charge in [-0.1, -0.05) is 17.4 Å². The third-order valence-corrected chi connectivity index (χ3v) is 4.79. The van der Waals surface area contributed by atoms with Gasteiger partial charge in [0.15, 0.2) is 4.96 Å². The molecule has 1 atom stereocenters. The van der Waals surface area contributed by atoms with Gasteiger partial charge in [0.05, 0.1) is 15.9 Å². The van der Waals surface area contributed by atoms with Crippen molar-refractivity contribution in [2.24, 2.45) is 0 Å². The molecule has 1 aliphatic rings. The number of hydrogen-bond donors (Lipinski definition) is 1. The zero-order chi connectivity index (χ0) is 12.1. The molecule has 3 aromatic rings. The van der Waals surface area contributed by atoms with Gasteiger partial charge in [0.25, 0.3) is 0 Å². The highest BCUT2D eigenvalue weighted by Crippen LogP contribution is 2.31. The van der Waals surface area contributed by atoms with Crippen molar-refractivity contribution >= 4 is 26.5 Å². The maximum Gasteiger partial charge on any atom is 0.194 e. The molecule has 0 spiro atoms. The smallest absolute Gasteiger partial charge is 0.194 e. The molecule has 1 unspecified atom stereocenters. The van der Waals surface area contributed by atoms with Crippen molar-refractivity contribution < 1.29 is 0 Å². The van der Waals surface area contributed by atoms with Crippen molar-refractivity contribution in [1.29, 1.82) is 0 Å². The molecule has 92 valence electrons. The van der Waals surface area contributed by atoms with E-state index < -0.39 is 0 Å². The van der Waals surface area contributed by atoms with Gasteiger partial charge in [-0.05, 0) is 43.5 Å². The van der Waals surface area contributed by atoms with Crippen LogP contribution in [-0.2, 0) is 0 Å². The van der Waals surface area contributed by atoms with E-state index in [0.29, 0.717) is 5.92 Å². The number of hydrogen-bond acceptors (Lipinski definition) is 3. The number of thiazole rings is 1. The van der Waals surface area contributed by atoms with Crippen LogP contribution in [-0.4, -0.2) is 22.5 Å². The number of fused-ring (bicyclic) bond motifs is 3. The van der Waals surface area contributed by atoms with Crippen LogP contribution in [0.25, 0.3) is 15.2 Å². The van der Waals surface area contributed by atoms with E-state index in [1.54, 1.807) is 11.3 Å². The zero-order valence-electron chi connectivity index (χ0n) is 10.3. The molecule has 3 heterocycles. The summed E-state index contributed by atoms with van der Waals surface area (Å²) in [6, 6.07) is 6.87. The van der Waals surface area contributed by atoms with Crippen LogP contribution in [0.2, 0.25) is 0 Å². The lowest BCUT2D eigenvalue weighted by Crippen LogP contribution is -2.07. The average molecular weight is 257 g/mol. The number of benzene rings is 1. The van der Waals surface area contributed by atoms with Gasteiger partial charge < -0.3 is 5.32 Å². The average Bonchev–Trinajstić information content (AvgIpc) is 3.02. The molecule has 1 saturated heterocycles. The Labute approximate surface area is 109 Å². The van der Waals surface area contributed by atoms with Gasteiger partial charge in [0.2, 0.25) is 0 Å². The molecule has 2 aromatic heterocycles. The number of rotatable bonds is 1. The van der Waals surface area contributed by atoms with Gasteiger partial charge in [0, 0.05) is 12.7 Å². The lowest BCUT2D eigenvalue weighted by molar-refractivity contribution is 0.765. The Morgan fingerprint density at radius 2 is 2.39 bits per heavy atom. The van der Waals surface area contributed by atoms with Gasteiger partial charge >= 0.3 is 0 Å². The Bertz CT molecular complexity index is 719. The quantitative estimate of drug-likeness (QED) is 0.726. The van der Waals surface area contributed by atoms with Crippen molar-refractivity contribution in [3.8, 4) is 0 Å². The Morgan fingerprint density at radius 1 is 1.44 bits per heavy atom. The molecular weight excluding hydrogens is 242 g/mol. The van der Waals surface area contributed by atoms with Gasteiger partial charge in [-0.15, -0.1) is 0 Å². The molecule has 4 heteroatoms. The van der Waals surface area contributed by atoms with Crippen LogP contribution < -0.4 is 5.32 Å². The topological polar surface area (TPSA) is 29.3 Å². The molecule has 0 amide bonds. The molecule has 0 bridgehead atoms. The van der Waals surface area contributed by atoms with Crippen LogP contribution >= 0.6 is 11.3 Å².